The number of amides is 1. The normalized spacial score (nSPS) is 19.7. The van der Waals surface area contributed by atoms with E-state index in [4.69, 9.17) is 4.74 Å². The fourth-order valence-corrected chi connectivity index (χ4v) is 4.49. The van der Waals surface area contributed by atoms with Crippen LogP contribution >= 0.6 is 0 Å². The second-order valence-electron chi connectivity index (χ2n) is 7.35. The van der Waals surface area contributed by atoms with E-state index in [1.807, 2.05) is 6.92 Å². The molecule has 1 aromatic carbocycles. The van der Waals surface area contributed by atoms with Gasteiger partial charge in [0.15, 0.2) is 5.82 Å². The fourth-order valence-electron chi connectivity index (χ4n) is 3.38. The lowest BCUT2D eigenvalue weighted by Gasteiger charge is -2.12. The first-order chi connectivity index (χ1) is 13.4. The second kappa shape index (κ2) is 7.65. The first-order valence-electron chi connectivity index (χ1n) is 9.51. The van der Waals surface area contributed by atoms with E-state index in [0.29, 0.717) is 18.3 Å². The molecule has 1 unspecified atom stereocenters. The Bertz CT molecular complexity index is 976. The van der Waals surface area contributed by atoms with Gasteiger partial charge in [-0.1, -0.05) is 6.07 Å². The Morgan fingerprint density at radius 1 is 1.32 bits per heavy atom. The number of hydrogen-bond acceptors (Lipinski definition) is 5. The van der Waals surface area contributed by atoms with E-state index in [0.717, 1.165) is 36.9 Å². The van der Waals surface area contributed by atoms with Gasteiger partial charge in [0.2, 0.25) is 10.0 Å². The van der Waals surface area contributed by atoms with Crippen molar-refractivity contribution in [2.45, 2.75) is 49.5 Å². The van der Waals surface area contributed by atoms with Gasteiger partial charge in [0.05, 0.1) is 11.0 Å². The molecule has 1 aliphatic carbocycles. The molecule has 1 aromatic heterocycles. The molecule has 0 spiro atoms. The lowest BCUT2D eigenvalue weighted by molar-refractivity contribution is 0.102. The molecule has 2 aliphatic rings. The highest BCUT2D eigenvalue weighted by Crippen LogP contribution is 2.41. The van der Waals surface area contributed by atoms with Crippen LogP contribution in [-0.2, 0) is 14.8 Å². The van der Waals surface area contributed by atoms with Gasteiger partial charge in [-0.2, -0.15) is 5.10 Å². The highest BCUT2D eigenvalue weighted by atomic mass is 32.2. The van der Waals surface area contributed by atoms with Crippen LogP contribution in [0.2, 0.25) is 0 Å². The number of hydrogen-bond donors (Lipinski definition) is 3. The molecule has 2 aromatic rings. The summed E-state index contributed by atoms with van der Waals surface area (Å²) < 4.78 is 33.1. The van der Waals surface area contributed by atoms with Crippen LogP contribution in [0.5, 0.6) is 0 Å². The number of nitrogens with one attached hydrogen (secondary N) is 3. The smallest absolute Gasteiger partial charge is 0.256 e. The molecule has 4 rings (SSSR count). The largest absolute Gasteiger partial charge is 0.377 e. The van der Waals surface area contributed by atoms with E-state index in [9.17, 15) is 13.2 Å². The first-order valence-corrected chi connectivity index (χ1v) is 11.0. The molecule has 0 radical (unpaired) electrons. The number of ether oxygens (including phenoxy) is 1. The molecule has 1 saturated heterocycles. The zero-order valence-electron chi connectivity index (χ0n) is 15.7. The minimum atomic E-state index is -3.72. The second-order valence-corrected chi connectivity index (χ2v) is 9.12. The molecule has 3 N–H and O–H groups in total. The molecular weight excluding hydrogens is 380 g/mol. The summed E-state index contributed by atoms with van der Waals surface area (Å²) in [5.74, 6) is 0.589. The summed E-state index contributed by atoms with van der Waals surface area (Å²) in [5, 5.41) is 9.94. The summed E-state index contributed by atoms with van der Waals surface area (Å²) in [6, 6.07) is 5.98. The van der Waals surface area contributed by atoms with Crippen molar-refractivity contribution in [2.75, 3.05) is 18.5 Å². The molecule has 2 heterocycles. The molecule has 2 fully saturated rings. The van der Waals surface area contributed by atoms with Gasteiger partial charge >= 0.3 is 0 Å². The lowest BCUT2D eigenvalue weighted by Crippen LogP contribution is -2.32. The third kappa shape index (κ3) is 4.11. The molecule has 8 nitrogen and oxygen atoms in total. The highest BCUT2D eigenvalue weighted by Gasteiger charge is 2.28. The standard InChI is InChI=1S/C19H24N4O4S/c1-12-17(13-7-8-13)22-23-18(12)21-19(24)14-4-2-6-16(10-14)28(25,26)20-11-15-5-3-9-27-15/h2,4,6,10,13,15,20H,3,5,7-9,11H2,1H3,(H2,21,22,23,24). The number of aromatic amines is 1. The van der Waals surface area contributed by atoms with E-state index in [1.54, 1.807) is 12.1 Å². The molecule has 28 heavy (non-hydrogen) atoms. The van der Waals surface area contributed by atoms with Crippen LogP contribution < -0.4 is 10.0 Å². The topological polar surface area (TPSA) is 113 Å². The Kier molecular flexibility index (Phi) is 5.22. The van der Waals surface area contributed by atoms with E-state index in [2.05, 4.69) is 20.2 Å². The van der Waals surface area contributed by atoms with Crippen molar-refractivity contribution in [2.24, 2.45) is 0 Å². The van der Waals surface area contributed by atoms with Gasteiger partial charge in [-0.05, 0) is 50.8 Å². The van der Waals surface area contributed by atoms with Crippen molar-refractivity contribution in [3.63, 3.8) is 0 Å². The van der Waals surface area contributed by atoms with Gasteiger partial charge < -0.3 is 10.1 Å². The predicted molar refractivity (Wildman–Crippen MR) is 104 cm³/mol. The molecule has 1 amide bonds. The van der Waals surface area contributed by atoms with Crippen molar-refractivity contribution >= 4 is 21.7 Å². The number of carbonyl (C=O) groups excluding carboxylic acids is 1. The van der Waals surface area contributed by atoms with Crippen molar-refractivity contribution in [1.29, 1.82) is 0 Å². The third-order valence-corrected chi connectivity index (χ3v) is 6.62. The van der Waals surface area contributed by atoms with Crippen LogP contribution in [0, 0.1) is 6.92 Å². The third-order valence-electron chi connectivity index (χ3n) is 5.20. The van der Waals surface area contributed by atoms with Gasteiger partial charge in [-0.15, -0.1) is 0 Å². The van der Waals surface area contributed by atoms with Crippen LogP contribution in [0.15, 0.2) is 29.2 Å². The van der Waals surface area contributed by atoms with Gasteiger partial charge in [0.25, 0.3) is 5.91 Å². The summed E-state index contributed by atoms with van der Waals surface area (Å²) in [4.78, 5) is 12.7. The number of H-pyrrole nitrogens is 1. The summed E-state index contributed by atoms with van der Waals surface area (Å²) in [7, 11) is -3.72. The molecule has 1 saturated carbocycles. The summed E-state index contributed by atoms with van der Waals surface area (Å²) in [5.41, 5.74) is 2.25. The Labute approximate surface area is 164 Å². The van der Waals surface area contributed by atoms with E-state index in [-0.39, 0.29) is 23.1 Å². The van der Waals surface area contributed by atoms with E-state index < -0.39 is 15.9 Å². The average molecular weight is 404 g/mol. The summed E-state index contributed by atoms with van der Waals surface area (Å²) >= 11 is 0. The minimum Gasteiger partial charge on any atom is -0.377 e. The first kappa shape index (κ1) is 19.1. The van der Waals surface area contributed by atoms with Crippen LogP contribution in [0.1, 0.15) is 53.2 Å². The predicted octanol–water partition coefficient (Wildman–Crippen LogP) is 2.31. The Hall–Kier alpha value is -2.23. The van der Waals surface area contributed by atoms with E-state index in [1.165, 1.54) is 12.1 Å². The Morgan fingerprint density at radius 3 is 2.86 bits per heavy atom. The quantitative estimate of drug-likeness (QED) is 0.655. The molecule has 150 valence electrons. The number of nitrogens with zero attached hydrogens (tertiary/aromatic N) is 1. The maximum absolute atomic E-state index is 12.6. The van der Waals surface area contributed by atoms with Crippen molar-refractivity contribution in [3.8, 4) is 0 Å². The molecule has 1 atom stereocenters. The zero-order chi connectivity index (χ0) is 19.7. The van der Waals surface area contributed by atoms with Gasteiger partial charge in [0, 0.05) is 35.9 Å². The van der Waals surface area contributed by atoms with Crippen molar-refractivity contribution in [1.82, 2.24) is 14.9 Å². The number of sulfonamides is 1. The summed E-state index contributed by atoms with van der Waals surface area (Å²) in [6.45, 7) is 2.81. The maximum atomic E-state index is 12.6. The van der Waals surface area contributed by atoms with Gasteiger partial charge in [-0.25, -0.2) is 13.1 Å². The minimum absolute atomic E-state index is 0.0515. The molecule has 1 aliphatic heterocycles. The average Bonchev–Trinajstić information content (AvgIpc) is 3.27. The van der Waals surface area contributed by atoms with Crippen LogP contribution in [0.25, 0.3) is 0 Å². The lowest BCUT2D eigenvalue weighted by atomic mass is 10.2. The van der Waals surface area contributed by atoms with E-state index >= 15 is 0 Å². The number of anilines is 1. The Balaban J connectivity index is 1.45. The number of benzene rings is 1. The highest BCUT2D eigenvalue weighted by molar-refractivity contribution is 7.89. The molecule has 9 heteroatoms. The fraction of sp³-hybridized carbons (Fsp3) is 0.474. The SMILES string of the molecule is Cc1c(NC(=O)c2cccc(S(=O)(=O)NCC3CCCO3)c2)n[nH]c1C1CC1. The van der Waals surface area contributed by atoms with Crippen LogP contribution in [0.3, 0.4) is 0 Å². The summed E-state index contributed by atoms with van der Waals surface area (Å²) in [6.07, 6.45) is 3.96. The van der Waals surface area contributed by atoms with Crippen LogP contribution in [-0.4, -0.2) is 43.8 Å². The number of aromatic nitrogens is 2. The molecule has 0 bridgehead atoms. The van der Waals surface area contributed by atoms with Crippen molar-refractivity contribution < 1.29 is 17.9 Å². The van der Waals surface area contributed by atoms with Gasteiger partial charge in [-0.3, -0.25) is 9.89 Å². The van der Waals surface area contributed by atoms with Gasteiger partial charge in [0.1, 0.15) is 0 Å². The zero-order valence-corrected chi connectivity index (χ0v) is 16.5. The monoisotopic (exact) mass is 404 g/mol. The number of carbonyl (C=O) groups is 1. The molecular formula is C19H24N4O4S. The van der Waals surface area contributed by atoms with Crippen molar-refractivity contribution in [3.05, 3.63) is 41.1 Å². The Morgan fingerprint density at radius 2 is 2.14 bits per heavy atom. The van der Waals surface area contributed by atoms with Crippen LogP contribution in [0.4, 0.5) is 5.82 Å². The number of rotatable bonds is 7. The maximum Gasteiger partial charge on any atom is 0.256 e.